The summed E-state index contributed by atoms with van der Waals surface area (Å²) in [5.41, 5.74) is 2.83. The van der Waals surface area contributed by atoms with Gasteiger partial charge in [0, 0.05) is 14.2 Å². The highest BCUT2D eigenvalue weighted by Gasteiger charge is 2.23. The quantitative estimate of drug-likeness (QED) is 0.723. The van der Waals surface area contributed by atoms with Crippen molar-refractivity contribution >= 4 is 23.6 Å². The Labute approximate surface area is 130 Å². The Morgan fingerprint density at radius 3 is 2.33 bits per heavy atom. The molecular formula is C15H26O4Si2. The number of aryl methyl sites for hydroxylation is 2. The minimum absolute atomic E-state index is 0.211. The summed E-state index contributed by atoms with van der Waals surface area (Å²) in [6.45, 7) is 8.06. The normalized spacial score (nSPS) is 11.8. The zero-order valence-electron chi connectivity index (χ0n) is 13.9. The van der Waals surface area contributed by atoms with Gasteiger partial charge in [-0.15, -0.1) is 0 Å². The first-order valence-electron chi connectivity index (χ1n) is 7.15. The SMILES string of the molecule is CO[SiH](CCc1cc(C)ccc1C(=O)O[Si](C)(C)C)OC. The molecule has 1 aromatic rings. The predicted octanol–water partition coefficient (Wildman–Crippen LogP) is 3.04. The average molecular weight is 327 g/mol. The summed E-state index contributed by atoms with van der Waals surface area (Å²) in [7, 11) is -0.149. The molecule has 0 spiro atoms. The third-order valence-corrected chi connectivity index (χ3v) is 5.66. The van der Waals surface area contributed by atoms with Crippen molar-refractivity contribution in [2.24, 2.45) is 0 Å². The van der Waals surface area contributed by atoms with Crippen LogP contribution in [0, 0.1) is 6.92 Å². The van der Waals surface area contributed by atoms with Crippen LogP contribution in [0.25, 0.3) is 0 Å². The molecule has 0 N–H and O–H groups in total. The summed E-state index contributed by atoms with van der Waals surface area (Å²) in [5.74, 6) is -0.211. The molecule has 0 aliphatic carbocycles. The van der Waals surface area contributed by atoms with Crippen LogP contribution in [0.3, 0.4) is 0 Å². The Bertz CT molecular complexity index is 479. The molecule has 0 unspecified atom stereocenters. The van der Waals surface area contributed by atoms with E-state index in [1.165, 1.54) is 0 Å². The molecule has 0 saturated heterocycles. The van der Waals surface area contributed by atoms with Crippen LogP contribution in [-0.2, 0) is 19.7 Å². The van der Waals surface area contributed by atoms with Crippen molar-refractivity contribution in [1.29, 1.82) is 0 Å². The average Bonchev–Trinajstić information content (AvgIpc) is 2.37. The summed E-state index contributed by atoms with van der Waals surface area (Å²) >= 11 is 0. The zero-order valence-corrected chi connectivity index (χ0v) is 16.0. The van der Waals surface area contributed by atoms with Gasteiger partial charge in [-0.1, -0.05) is 17.7 Å². The summed E-state index contributed by atoms with van der Waals surface area (Å²) < 4.78 is 16.3. The molecule has 1 rings (SSSR count). The molecule has 118 valence electrons. The van der Waals surface area contributed by atoms with Gasteiger partial charge in [0.2, 0.25) is 8.32 Å². The monoisotopic (exact) mass is 326 g/mol. The van der Waals surface area contributed by atoms with E-state index in [-0.39, 0.29) is 5.97 Å². The number of hydrogen-bond donors (Lipinski definition) is 0. The molecule has 0 bridgehead atoms. The molecule has 4 nitrogen and oxygen atoms in total. The van der Waals surface area contributed by atoms with E-state index in [1.807, 2.05) is 38.7 Å². The number of carbonyl (C=O) groups is 1. The van der Waals surface area contributed by atoms with Gasteiger partial charge in [0.15, 0.2) is 0 Å². The lowest BCUT2D eigenvalue weighted by molar-refractivity contribution is 0.0723. The second-order valence-corrected chi connectivity index (χ2v) is 12.9. The molecule has 0 amide bonds. The van der Waals surface area contributed by atoms with Gasteiger partial charge in [-0.05, 0) is 50.7 Å². The highest BCUT2D eigenvalue weighted by molar-refractivity contribution is 6.71. The highest BCUT2D eigenvalue weighted by Crippen LogP contribution is 2.18. The second kappa shape index (κ2) is 7.88. The van der Waals surface area contributed by atoms with Gasteiger partial charge in [0.05, 0.1) is 5.56 Å². The first-order chi connectivity index (χ1) is 9.76. The van der Waals surface area contributed by atoms with Crippen LogP contribution in [0.2, 0.25) is 25.7 Å². The summed E-state index contributed by atoms with van der Waals surface area (Å²) in [6.07, 6.45) is 0.774. The number of rotatable bonds is 7. The highest BCUT2D eigenvalue weighted by atomic mass is 28.4. The van der Waals surface area contributed by atoms with Crippen molar-refractivity contribution in [1.82, 2.24) is 0 Å². The second-order valence-electron chi connectivity index (χ2n) is 6.10. The van der Waals surface area contributed by atoms with Crippen molar-refractivity contribution < 1.29 is 18.1 Å². The van der Waals surface area contributed by atoms with Crippen LogP contribution in [0.15, 0.2) is 18.2 Å². The predicted molar refractivity (Wildman–Crippen MR) is 89.6 cm³/mol. The number of carbonyl (C=O) groups excluding carboxylic acids is 1. The molecule has 6 heteroatoms. The lowest BCUT2D eigenvalue weighted by Gasteiger charge is -2.19. The van der Waals surface area contributed by atoms with Crippen LogP contribution >= 0.6 is 0 Å². The van der Waals surface area contributed by atoms with Crippen LogP contribution in [0.5, 0.6) is 0 Å². The minimum Gasteiger partial charge on any atom is -0.516 e. The van der Waals surface area contributed by atoms with E-state index in [1.54, 1.807) is 14.2 Å². The number of hydrogen-bond acceptors (Lipinski definition) is 4. The van der Waals surface area contributed by atoms with Gasteiger partial charge in [-0.25, -0.2) is 4.79 Å². The zero-order chi connectivity index (χ0) is 16.0. The Hall–Kier alpha value is -0.956. The fraction of sp³-hybridized carbons (Fsp3) is 0.533. The first-order valence-corrected chi connectivity index (χ1v) is 12.3. The van der Waals surface area contributed by atoms with E-state index < -0.39 is 17.6 Å². The van der Waals surface area contributed by atoms with E-state index in [2.05, 4.69) is 6.07 Å². The van der Waals surface area contributed by atoms with E-state index >= 15 is 0 Å². The van der Waals surface area contributed by atoms with E-state index in [4.69, 9.17) is 13.3 Å². The van der Waals surface area contributed by atoms with Crippen LogP contribution in [0.4, 0.5) is 0 Å². The first kappa shape index (κ1) is 18.1. The lowest BCUT2D eigenvalue weighted by atomic mass is 10.0. The Kier molecular flexibility index (Phi) is 6.79. The molecule has 0 fully saturated rings. The van der Waals surface area contributed by atoms with E-state index in [0.29, 0.717) is 5.56 Å². The summed E-state index contributed by atoms with van der Waals surface area (Å²) in [6, 6.07) is 6.70. The molecule has 0 aromatic heterocycles. The molecule has 0 heterocycles. The summed E-state index contributed by atoms with van der Waals surface area (Å²) in [4.78, 5) is 12.3. The largest absolute Gasteiger partial charge is 0.516 e. The Morgan fingerprint density at radius 1 is 1.19 bits per heavy atom. The molecule has 21 heavy (non-hydrogen) atoms. The minimum atomic E-state index is -1.89. The van der Waals surface area contributed by atoms with Gasteiger partial charge < -0.3 is 13.3 Å². The Balaban J connectivity index is 2.91. The van der Waals surface area contributed by atoms with Gasteiger partial charge in [0.1, 0.15) is 0 Å². The molecule has 0 aliphatic rings. The maximum absolute atomic E-state index is 12.3. The smallest absolute Gasteiger partial charge is 0.325 e. The van der Waals surface area contributed by atoms with Gasteiger partial charge in [0.25, 0.3) is 0 Å². The maximum atomic E-state index is 12.3. The molecule has 0 atom stereocenters. The van der Waals surface area contributed by atoms with Gasteiger partial charge in [-0.2, -0.15) is 0 Å². The van der Waals surface area contributed by atoms with Crippen LogP contribution < -0.4 is 0 Å². The molecular weight excluding hydrogens is 300 g/mol. The van der Waals surface area contributed by atoms with Gasteiger partial charge in [-0.3, -0.25) is 0 Å². The standard InChI is InChI=1S/C15H26O4Si2/c1-12-7-8-14(15(16)19-21(4,5)6)13(11-12)9-10-20(17-2)18-3/h7-8,11,20H,9-10H2,1-6H3. The van der Waals surface area contributed by atoms with Crippen LogP contribution in [0.1, 0.15) is 21.5 Å². The number of benzene rings is 1. The van der Waals surface area contributed by atoms with Crippen molar-refractivity contribution in [3.05, 3.63) is 34.9 Å². The van der Waals surface area contributed by atoms with Crippen LogP contribution in [-0.4, -0.2) is 37.8 Å². The molecule has 0 aliphatic heterocycles. The topological polar surface area (TPSA) is 44.8 Å². The Morgan fingerprint density at radius 2 is 1.81 bits per heavy atom. The van der Waals surface area contributed by atoms with E-state index in [0.717, 1.165) is 23.6 Å². The summed E-state index contributed by atoms with van der Waals surface area (Å²) in [5, 5.41) is 0. The van der Waals surface area contributed by atoms with Crippen molar-refractivity contribution in [3.63, 3.8) is 0 Å². The molecule has 0 saturated carbocycles. The van der Waals surface area contributed by atoms with Crippen molar-refractivity contribution in [2.75, 3.05) is 14.2 Å². The van der Waals surface area contributed by atoms with Crippen molar-refractivity contribution in [3.8, 4) is 0 Å². The van der Waals surface area contributed by atoms with Crippen molar-refractivity contribution in [2.45, 2.75) is 39.0 Å². The van der Waals surface area contributed by atoms with Gasteiger partial charge >= 0.3 is 15.3 Å². The third kappa shape index (κ3) is 6.13. The fourth-order valence-corrected chi connectivity index (χ4v) is 3.94. The maximum Gasteiger partial charge on any atom is 0.325 e. The lowest BCUT2D eigenvalue weighted by Crippen LogP contribution is -2.29. The van der Waals surface area contributed by atoms with E-state index in [9.17, 15) is 4.79 Å². The fourth-order valence-electron chi connectivity index (χ4n) is 2.07. The third-order valence-electron chi connectivity index (χ3n) is 3.05. The molecule has 1 aromatic carbocycles. The molecule has 0 radical (unpaired) electrons.